The number of carbonyl (C=O) groups excluding carboxylic acids is 2. The number of aldehydes is 2. The second kappa shape index (κ2) is 18.6. The zero-order valence-corrected chi connectivity index (χ0v) is 9.82. The number of unbranched alkanes of at least 4 members (excludes halogenated alkanes) is 2. The van der Waals surface area contributed by atoms with Crippen LogP contribution in [-0.4, -0.2) is 12.6 Å². The largest absolute Gasteiger partial charge is 0.303 e. The van der Waals surface area contributed by atoms with Gasteiger partial charge in [0.25, 0.3) is 0 Å². The van der Waals surface area contributed by atoms with Crippen molar-refractivity contribution in [1.29, 1.82) is 0 Å². The molecule has 15 heavy (non-hydrogen) atoms. The van der Waals surface area contributed by atoms with E-state index in [2.05, 4.69) is 19.9 Å². The summed E-state index contributed by atoms with van der Waals surface area (Å²) in [5.74, 6) is 0. The molecule has 0 saturated heterocycles. The molecule has 0 heterocycles. The minimum Gasteiger partial charge on any atom is -0.303 e. The highest BCUT2D eigenvalue weighted by Gasteiger charge is 1.74. The number of carbonyl (C=O) groups is 2. The predicted molar refractivity (Wildman–Crippen MR) is 64.8 cm³/mol. The lowest BCUT2D eigenvalue weighted by Gasteiger charge is -1.79. The van der Waals surface area contributed by atoms with E-state index in [9.17, 15) is 9.59 Å². The molecule has 0 unspecified atom stereocenters. The Kier molecular flexibility index (Phi) is 20.1. The quantitative estimate of drug-likeness (QED) is 0.279. The molecule has 0 aliphatic heterocycles. The zero-order valence-electron chi connectivity index (χ0n) is 9.82. The molecule has 2 nitrogen and oxygen atoms in total. The summed E-state index contributed by atoms with van der Waals surface area (Å²) in [6.07, 6.45) is 14.0. The van der Waals surface area contributed by atoms with Crippen LogP contribution in [0.2, 0.25) is 0 Å². The lowest BCUT2D eigenvalue weighted by Crippen LogP contribution is -1.69. The molecule has 0 atom stereocenters. The van der Waals surface area contributed by atoms with Crippen molar-refractivity contribution in [3.8, 4) is 0 Å². The van der Waals surface area contributed by atoms with Crippen LogP contribution in [0.5, 0.6) is 0 Å². The Hall–Kier alpha value is -1.18. The molecule has 86 valence electrons. The summed E-state index contributed by atoms with van der Waals surface area (Å²) in [5, 5.41) is 0. The van der Waals surface area contributed by atoms with Crippen LogP contribution in [0.3, 0.4) is 0 Å². The molecule has 0 radical (unpaired) electrons. The zero-order chi connectivity index (χ0) is 11.8. The van der Waals surface area contributed by atoms with E-state index < -0.39 is 0 Å². The average Bonchev–Trinajstić information content (AvgIpc) is 2.26. The van der Waals surface area contributed by atoms with Crippen molar-refractivity contribution in [3.05, 3.63) is 24.3 Å². The van der Waals surface area contributed by atoms with Gasteiger partial charge >= 0.3 is 0 Å². The Balaban J connectivity index is 0. The molecule has 2 heteroatoms. The summed E-state index contributed by atoms with van der Waals surface area (Å²) in [4.78, 5) is 19.3. The lowest BCUT2D eigenvalue weighted by atomic mass is 10.3. The minimum atomic E-state index is 0.663. The summed E-state index contributed by atoms with van der Waals surface area (Å²) in [5.41, 5.74) is 0. The fraction of sp³-hybridized carbons (Fsp3) is 0.538. The van der Waals surface area contributed by atoms with E-state index >= 15 is 0 Å². The number of allylic oxidation sites excluding steroid dienone is 4. The highest BCUT2D eigenvalue weighted by Crippen LogP contribution is 1.87. The summed E-state index contributed by atoms with van der Waals surface area (Å²) < 4.78 is 0. The first-order chi connectivity index (χ1) is 7.33. The van der Waals surface area contributed by atoms with Crippen molar-refractivity contribution in [2.75, 3.05) is 0 Å². The van der Waals surface area contributed by atoms with E-state index in [1.54, 1.807) is 0 Å². The van der Waals surface area contributed by atoms with Crippen LogP contribution in [0.4, 0.5) is 0 Å². The summed E-state index contributed by atoms with van der Waals surface area (Å²) in [7, 11) is 0. The van der Waals surface area contributed by atoms with Crippen molar-refractivity contribution < 1.29 is 9.59 Å². The van der Waals surface area contributed by atoms with E-state index in [4.69, 9.17) is 0 Å². The van der Waals surface area contributed by atoms with E-state index in [0.29, 0.717) is 6.42 Å². The van der Waals surface area contributed by atoms with Crippen molar-refractivity contribution in [1.82, 2.24) is 0 Å². The standard InChI is InChI=1S/C7H12O.C6H10O/c1-2-3-4-5-6-7-8;1-2-3-4-5-6-7/h3-4,7H,2,5-6H2,1H3;4-6H,2-3H2,1H3/b4-3-;5-4+. The predicted octanol–water partition coefficient (Wildman–Crippen LogP) is 3.47. The summed E-state index contributed by atoms with van der Waals surface area (Å²) >= 11 is 0. The normalized spacial score (nSPS) is 10.0. The van der Waals surface area contributed by atoms with Gasteiger partial charge in [-0.1, -0.05) is 38.5 Å². The maximum absolute atomic E-state index is 9.73. The first-order valence-electron chi connectivity index (χ1n) is 5.52. The molecule has 0 rings (SSSR count). The molecule has 0 amide bonds. The fourth-order valence-electron chi connectivity index (χ4n) is 0.767. The van der Waals surface area contributed by atoms with Crippen molar-refractivity contribution in [2.45, 2.75) is 46.0 Å². The SMILES string of the molecule is CC/C=C\CCC=O.CCC/C=C/C=O. The molecule has 0 N–H and O–H groups in total. The first-order valence-corrected chi connectivity index (χ1v) is 5.52. The number of hydrogen-bond donors (Lipinski definition) is 0. The van der Waals surface area contributed by atoms with Gasteiger partial charge in [0, 0.05) is 6.42 Å². The van der Waals surface area contributed by atoms with Gasteiger partial charge in [0.05, 0.1) is 0 Å². The second-order valence-corrected chi connectivity index (χ2v) is 2.98. The fourth-order valence-corrected chi connectivity index (χ4v) is 0.767. The van der Waals surface area contributed by atoms with Gasteiger partial charge in [-0.3, -0.25) is 4.79 Å². The van der Waals surface area contributed by atoms with Crippen LogP contribution in [0.15, 0.2) is 24.3 Å². The Labute approximate surface area is 93.1 Å². The van der Waals surface area contributed by atoms with E-state index in [1.807, 2.05) is 12.2 Å². The molecule has 0 saturated carbocycles. The summed E-state index contributed by atoms with van der Waals surface area (Å²) in [6.45, 7) is 4.16. The van der Waals surface area contributed by atoms with E-state index in [1.165, 1.54) is 6.08 Å². The molecule has 0 aromatic rings. The van der Waals surface area contributed by atoms with Crippen LogP contribution in [0, 0.1) is 0 Å². The third-order valence-corrected chi connectivity index (χ3v) is 1.52. The molecule has 0 aliphatic carbocycles. The molecular weight excluding hydrogens is 188 g/mol. The highest BCUT2D eigenvalue weighted by molar-refractivity contribution is 5.64. The van der Waals surface area contributed by atoms with Crippen molar-refractivity contribution >= 4 is 12.6 Å². The third-order valence-electron chi connectivity index (χ3n) is 1.52. The van der Waals surface area contributed by atoms with Crippen LogP contribution in [0.1, 0.15) is 46.0 Å². The monoisotopic (exact) mass is 210 g/mol. The van der Waals surface area contributed by atoms with E-state index in [0.717, 1.165) is 38.3 Å². The molecule has 0 spiro atoms. The van der Waals surface area contributed by atoms with Gasteiger partial charge < -0.3 is 4.79 Å². The Morgan fingerprint density at radius 3 is 2.07 bits per heavy atom. The molecule has 0 aromatic carbocycles. The summed E-state index contributed by atoms with van der Waals surface area (Å²) in [6, 6.07) is 0. The van der Waals surface area contributed by atoms with Gasteiger partial charge in [-0.2, -0.15) is 0 Å². The third kappa shape index (κ3) is 24.5. The first kappa shape index (κ1) is 16.3. The Bertz CT molecular complexity index is 181. The van der Waals surface area contributed by atoms with Gasteiger partial charge in [0.2, 0.25) is 0 Å². The second-order valence-electron chi connectivity index (χ2n) is 2.98. The number of hydrogen-bond acceptors (Lipinski definition) is 2. The molecular formula is C13H22O2. The molecule has 0 aliphatic rings. The smallest absolute Gasteiger partial charge is 0.142 e. The maximum Gasteiger partial charge on any atom is 0.142 e. The van der Waals surface area contributed by atoms with Gasteiger partial charge in [-0.15, -0.1) is 0 Å². The Morgan fingerprint density at radius 1 is 0.867 bits per heavy atom. The van der Waals surface area contributed by atoms with Gasteiger partial charge in [-0.25, -0.2) is 0 Å². The van der Waals surface area contributed by atoms with E-state index in [-0.39, 0.29) is 0 Å². The van der Waals surface area contributed by atoms with Gasteiger partial charge in [0.1, 0.15) is 12.6 Å². The van der Waals surface area contributed by atoms with Crippen LogP contribution in [0.25, 0.3) is 0 Å². The topological polar surface area (TPSA) is 34.1 Å². The minimum absolute atomic E-state index is 0.663. The average molecular weight is 210 g/mol. The lowest BCUT2D eigenvalue weighted by molar-refractivity contribution is -0.107. The van der Waals surface area contributed by atoms with Gasteiger partial charge in [-0.05, 0) is 25.3 Å². The Morgan fingerprint density at radius 2 is 1.60 bits per heavy atom. The van der Waals surface area contributed by atoms with Gasteiger partial charge in [0.15, 0.2) is 0 Å². The van der Waals surface area contributed by atoms with Crippen LogP contribution < -0.4 is 0 Å². The highest BCUT2D eigenvalue weighted by atomic mass is 16.1. The molecule has 0 aromatic heterocycles. The molecule has 0 bridgehead atoms. The van der Waals surface area contributed by atoms with Crippen molar-refractivity contribution in [3.63, 3.8) is 0 Å². The van der Waals surface area contributed by atoms with Crippen LogP contribution >= 0.6 is 0 Å². The van der Waals surface area contributed by atoms with Crippen LogP contribution in [-0.2, 0) is 9.59 Å². The molecule has 0 fully saturated rings. The van der Waals surface area contributed by atoms with Crippen molar-refractivity contribution in [2.24, 2.45) is 0 Å². The maximum atomic E-state index is 9.73. The number of rotatable bonds is 7.